The number of hydrogen-bond acceptors (Lipinski definition) is 3. The third-order valence-electron chi connectivity index (χ3n) is 2.41. The van der Waals surface area contributed by atoms with E-state index in [1.54, 1.807) is 0 Å². The Kier molecular flexibility index (Phi) is 3.79. The van der Waals surface area contributed by atoms with Gasteiger partial charge in [-0.05, 0) is 11.8 Å². The molecule has 1 rings (SSSR count). The number of ether oxygens (including phenoxy) is 1. The maximum atomic E-state index is 11.4. The summed E-state index contributed by atoms with van der Waals surface area (Å²) in [7, 11) is -3.06. The molecule has 0 saturated carbocycles. The van der Waals surface area contributed by atoms with Crippen molar-refractivity contribution >= 4 is 10.0 Å². The van der Waals surface area contributed by atoms with Gasteiger partial charge in [-0.15, -0.1) is 0 Å². The standard InChI is InChI=1S/C10H21NO3S/c1-10(2,3)7-9-8-11(5-6-14-9)15(4,12)13/h9H,5-8H2,1-4H3/t9-/m0/s1. The minimum atomic E-state index is -3.06. The Bertz CT molecular complexity index is 305. The number of sulfonamides is 1. The van der Waals surface area contributed by atoms with Crippen molar-refractivity contribution in [2.45, 2.75) is 33.3 Å². The average Bonchev–Trinajstić information content (AvgIpc) is 1.99. The zero-order valence-electron chi connectivity index (χ0n) is 9.99. The Morgan fingerprint density at radius 3 is 2.47 bits per heavy atom. The lowest BCUT2D eigenvalue weighted by Crippen LogP contribution is -2.46. The van der Waals surface area contributed by atoms with Crippen LogP contribution in [0.5, 0.6) is 0 Å². The lowest BCUT2D eigenvalue weighted by atomic mass is 9.89. The largest absolute Gasteiger partial charge is 0.375 e. The molecule has 5 heteroatoms. The number of rotatable bonds is 2. The topological polar surface area (TPSA) is 46.6 Å². The van der Waals surface area contributed by atoms with Crippen molar-refractivity contribution in [1.29, 1.82) is 0 Å². The van der Waals surface area contributed by atoms with Gasteiger partial charge in [-0.25, -0.2) is 8.42 Å². The first-order valence-corrected chi connectivity index (χ1v) is 7.10. The second-order valence-electron chi connectivity index (χ2n) is 5.38. The summed E-state index contributed by atoms with van der Waals surface area (Å²) in [6, 6.07) is 0. The lowest BCUT2D eigenvalue weighted by Gasteiger charge is -2.34. The fourth-order valence-corrected chi connectivity index (χ4v) is 2.64. The van der Waals surface area contributed by atoms with Crippen molar-refractivity contribution in [3.8, 4) is 0 Å². The van der Waals surface area contributed by atoms with Crippen LogP contribution in [0, 0.1) is 5.41 Å². The zero-order chi connectivity index (χ0) is 11.7. The van der Waals surface area contributed by atoms with E-state index in [4.69, 9.17) is 4.74 Å². The number of hydrogen-bond donors (Lipinski definition) is 0. The van der Waals surface area contributed by atoms with E-state index in [0.29, 0.717) is 19.7 Å². The molecule has 0 N–H and O–H groups in total. The summed E-state index contributed by atoms with van der Waals surface area (Å²) in [6.07, 6.45) is 2.18. The zero-order valence-corrected chi connectivity index (χ0v) is 10.8. The smallest absolute Gasteiger partial charge is 0.211 e. The SMILES string of the molecule is CC(C)(C)C[C@H]1CN(S(C)(=O)=O)CCO1. The second-order valence-corrected chi connectivity index (χ2v) is 7.36. The Morgan fingerprint density at radius 2 is 2.00 bits per heavy atom. The molecule has 15 heavy (non-hydrogen) atoms. The van der Waals surface area contributed by atoms with Crippen LogP contribution in [-0.2, 0) is 14.8 Å². The molecule has 1 fully saturated rings. The maximum absolute atomic E-state index is 11.4. The van der Waals surface area contributed by atoms with Crippen LogP contribution in [0.4, 0.5) is 0 Å². The first-order chi connectivity index (χ1) is 6.68. The fraction of sp³-hybridized carbons (Fsp3) is 1.00. The molecule has 0 aromatic rings. The summed E-state index contributed by atoms with van der Waals surface area (Å²) in [4.78, 5) is 0. The van der Waals surface area contributed by atoms with Gasteiger partial charge in [-0.3, -0.25) is 0 Å². The monoisotopic (exact) mass is 235 g/mol. The Morgan fingerprint density at radius 1 is 1.40 bits per heavy atom. The molecule has 1 heterocycles. The first-order valence-electron chi connectivity index (χ1n) is 5.25. The molecule has 1 aliphatic rings. The van der Waals surface area contributed by atoms with E-state index in [9.17, 15) is 8.42 Å². The third-order valence-corrected chi connectivity index (χ3v) is 3.68. The highest BCUT2D eigenvalue weighted by molar-refractivity contribution is 7.88. The van der Waals surface area contributed by atoms with Gasteiger partial charge in [0.15, 0.2) is 0 Å². The van der Waals surface area contributed by atoms with Crippen molar-refractivity contribution in [3.63, 3.8) is 0 Å². The molecule has 0 aromatic heterocycles. The van der Waals surface area contributed by atoms with Crippen LogP contribution in [0.3, 0.4) is 0 Å². The van der Waals surface area contributed by atoms with Crippen LogP contribution in [0.15, 0.2) is 0 Å². The summed E-state index contributed by atoms with van der Waals surface area (Å²) in [5.41, 5.74) is 0.172. The molecule has 1 atom stereocenters. The van der Waals surface area contributed by atoms with Gasteiger partial charge in [0.2, 0.25) is 10.0 Å². The van der Waals surface area contributed by atoms with Gasteiger partial charge < -0.3 is 4.74 Å². The van der Waals surface area contributed by atoms with Crippen molar-refractivity contribution < 1.29 is 13.2 Å². The Labute approximate surface area is 92.7 Å². The molecule has 0 spiro atoms. The summed E-state index contributed by atoms with van der Waals surface area (Å²) in [6.45, 7) is 7.89. The van der Waals surface area contributed by atoms with E-state index in [2.05, 4.69) is 20.8 Å². The first kappa shape index (κ1) is 12.9. The van der Waals surface area contributed by atoms with E-state index < -0.39 is 10.0 Å². The Hall–Kier alpha value is -0.130. The van der Waals surface area contributed by atoms with Crippen LogP contribution < -0.4 is 0 Å². The van der Waals surface area contributed by atoms with E-state index in [-0.39, 0.29) is 11.5 Å². The summed E-state index contributed by atoms with van der Waals surface area (Å²) in [5, 5.41) is 0. The van der Waals surface area contributed by atoms with Crippen molar-refractivity contribution in [2.75, 3.05) is 26.0 Å². The summed E-state index contributed by atoms with van der Waals surface area (Å²) < 4.78 is 29.8. The summed E-state index contributed by atoms with van der Waals surface area (Å²) >= 11 is 0. The van der Waals surface area contributed by atoms with Gasteiger partial charge in [-0.1, -0.05) is 20.8 Å². The molecule has 1 saturated heterocycles. The predicted molar refractivity (Wildman–Crippen MR) is 60.2 cm³/mol. The predicted octanol–water partition coefficient (Wildman–Crippen LogP) is 1.08. The van der Waals surface area contributed by atoms with Gasteiger partial charge in [-0.2, -0.15) is 4.31 Å². The number of nitrogens with zero attached hydrogens (tertiary/aromatic N) is 1. The van der Waals surface area contributed by atoms with Gasteiger partial charge >= 0.3 is 0 Å². The molecule has 0 radical (unpaired) electrons. The molecular formula is C10H21NO3S. The highest BCUT2D eigenvalue weighted by Crippen LogP contribution is 2.24. The minimum absolute atomic E-state index is 0.0356. The molecule has 90 valence electrons. The number of morpholine rings is 1. The lowest BCUT2D eigenvalue weighted by molar-refractivity contribution is -0.0214. The molecule has 1 aliphatic heterocycles. The molecular weight excluding hydrogens is 214 g/mol. The van der Waals surface area contributed by atoms with E-state index in [1.165, 1.54) is 10.6 Å². The average molecular weight is 235 g/mol. The Balaban J connectivity index is 2.57. The van der Waals surface area contributed by atoms with Crippen LogP contribution in [-0.4, -0.2) is 44.8 Å². The van der Waals surface area contributed by atoms with Gasteiger partial charge in [0.25, 0.3) is 0 Å². The van der Waals surface area contributed by atoms with Crippen LogP contribution in [0.2, 0.25) is 0 Å². The normalized spacial score (nSPS) is 25.5. The van der Waals surface area contributed by atoms with Crippen molar-refractivity contribution in [1.82, 2.24) is 4.31 Å². The van der Waals surface area contributed by atoms with Crippen molar-refractivity contribution in [3.05, 3.63) is 0 Å². The van der Waals surface area contributed by atoms with Crippen LogP contribution in [0.1, 0.15) is 27.2 Å². The molecule has 0 bridgehead atoms. The maximum Gasteiger partial charge on any atom is 0.211 e. The molecule has 4 nitrogen and oxygen atoms in total. The molecule has 0 aromatic carbocycles. The second kappa shape index (κ2) is 4.39. The van der Waals surface area contributed by atoms with Gasteiger partial charge in [0.1, 0.15) is 0 Å². The van der Waals surface area contributed by atoms with E-state index in [1.807, 2.05) is 0 Å². The van der Waals surface area contributed by atoms with E-state index >= 15 is 0 Å². The quantitative estimate of drug-likeness (QED) is 0.719. The van der Waals surface area contributed by atoms with Gasteiger partial charge in [0.05, 0.1) is 19.0 Å². The fourth-order valence-electron chi connectivity index (χ4n) is 1.80. The highest BCUT2D eigenvalue weighted by Gasteiger charge is 2.29. The summed E-state index contributed by atoms with van der Waals surface area (Å²) in [5.74, 6) is 0. The third kappa shape index (κ3) is 4.49. The molecule has 0 unspecified atom stereocenters. The highest BCUT2D eigenvalue weighted by atomic mass is 32.2. The molecule has 0 amide bonds. The van der Waals surface area contributed by atoms with Crippen LogP contribution >= 0.6 is 0 Å². The molecule has 0 aliphatic carbocycles. The van der Waals surface area contributed by atoms with Gasteiger partial charge in [0, 0.05) is 13.1 Å². The van der Waals surface area contributed by atoms with Crippen molar-refractivity contribution in [2.24, 2.45) is 5.41 Å². The minimum Gasteiger partial charge on any atom is -0.375 e. The van der Waals surface area contributed by atoms with Crippen LogP contribution in [0.25, 0.3) is 0 Å². The van der Waals surface area contributed by atoms with E-state index in [0.717, 1.165) is 6.42 Å².